The van der Waals surface area contributed by atoms with Gasteiger partial charge >= 0.3 is 0 Å². The number of hydrogen-bond acceptors (Lipinski definition) is 3. The Hall–Kier alpha value is -1.36. The minimum Gasteiger partial charge on any atom is -0.365 e. The molecule has 1 aliphatic carbocycles. The van der Waals surface area contributed by atoms with Crippen LogP contribution in [0.15, 0.2) is 18.2 Å². The second-order valence-corrected chi connectivity index (χ2v) is 5.53. The summed E-state index contributed by atoms with van der Waals surface area (Å²) in [5.74, 6) is 1.66. The van der Waals surface area contributed by atoms with Crippen LogP contribution in [-0.4, -0.2) is 9.78 Å². The van der Waals surface area contributed by atoms with E-state index in [-0.39, 0.29) is 5.13 Å². The number of hydrogen-bond donors (Lipinski definition) is 1. The highest BCUT2D eigenvalue weighted by atomic mass is 32.1. The van der Waals surface area contributed by atoms with Crippen molar-refractivity contribution in [3.8, 4) is 0 Å². The van der Waals surface area contributed by atoms with Crippen molar-refractivity contribution in [2.24, 2.45) is 7.05 Å². The topological polar surface area (TPSA) is 29.9 Å². The van der Waals surface area contributed by atoms with Gasteiger partial charge in [0.05, 0.1) is 12.2 Å². The summed E-state index contributed by atoms with van der Waals surface area (Å²) in [6.45, 7) is 0.651. The van der Waals surface area contributed by atoms with Crippen molar-refractivity contribution in [3.05, 3.63) is 33.9 Å². The van der Waals surface area contributed by atoms with Crippen molar-refractivity contribution in [3.63, 3.8) is 0 Å². The molecular formula is C12H14FN3S. The van der Waals surface area contributed by atoms with Gasteiger partial charge in [-0.3, -0.25) is 4.68 Å². The lowest BCUT2D eigenvalue weighted by Gasteiger charge is -2.03. The van der Waals surface area contributed by atoms with Crippen LogP contribution in [0.3, 0.4) is 0 Å². The Balaban J connectivity index is 1.68. The second-order valence-electron chi connectivity index (χ2n) is 4.41. The molecule has 0 atom stereocenters. The number of nitrogens with zero attached hydrogens (tertiary/aromatic N) is 2. The van der Waals surface area contributed by atoms with Gasteiger partial charge in [0, 0.05) is 23.9 Å². The lowest BCUT2D eigenvalue weighted by Crippen LogP contribution is -2.03. The molecule has 0 aromatic carbocycles. The Bertz CT molecular complexity index is 528. The maximum absolute atomic E-state index is 12.8. The minimum absolute atomic E-state index is 0.134. The van der Waals surface area contributed by atoms with Crippen LogP contribution < -0.4 is 5.32 Å². The van der Waals surface area contributed by atoms with E-state index >= 15 is 0 Å². The molecule has 3 nitrogen and oxygen atoms in total. The van der Waals surface area contributed by atoms with Crippen molar-refractivity contribution in [2.45, 2.75) is 25.3 Å². The predicted molar refractivity (Wildman–Crippen MR) is 66.8 cm³/mol. The third kappa shape index (κ3) is 2.34. The van der Waals surface area contributed by atoms with Gasteiger partial charge in [0.1, 0.15) is 5.82 Å². The van der Waals surface area contributed by atoms with Gasteiger partial charge in [-0.25, -0.2) is 0 Å². The Kier molecular flexibility index (Phi) is 2.63. The van der Waals surface area contributed by atoms with E-state index in [0.29, 0.717) is 12.5 Å². The van der Waals surface area contributed by atoms with E-state index in [1.54, 1.807) is 0 Å². The molecule has 3 rings (SSSR count). The van der Waals surface area contributed by atoms with Gasteiger partial charge in [-0.05, 0) is 25.0 Å². The first-order valence-corrected chi connectivity index (χ1v) is 6.56. The molecule has 0 bridgehead atoms. The van der Waals surface area contributed by atoms with Crippen LogP contribution in [0.1, 0.15) is 29.3 Å². The van der Waals surface area contributed by atoms with Crippen LogP contribution in [0.2, 0.25) is 0 Å². The van der Waals surface area contributed by atoms with E-state index < -0.39 is 0 Å². The van der Waals surface area contributed by atoms with Crippen molar-refractivity contribution in [1.29, 1.82) is 0 Å². The molecule has 5 heteroatoms. The van der Waals surface area contributed by atoms with Crippen LogP contribution in [0.5, 0.6) is 0 Å². The smallest absolute Gasteiger partial charge is 0.176 e. The fourth-order valence-corrected chi connectivity index (χ4v) is 2.52. The Labute approximate surface area is 103 Å². The number of aromatic nitrogens is 2. The highest BCUT2D eigenvalue weighted by molar-refractivity contribution is 7.10. The molecule has 1 aliphatic rings. The van der Waals surface area contributed by atoms with E-state index in [1.165, 1.54) is 35.9 Å². The quantitative estimate of drug-likeness (QED) is 0.904. The van der Waals surface area contributed by atoms with E-state index in [2.05, 4.69) is 16.5 Å². The zero-order valence-corrected chi connectivity index (χ0v) is 10.4. The monoisotopic (exact) mass is 251 g/mol. The lowest BCUT2D eigenvalue weighted by molar-refractivity contribution is 0.657. The molecule has 0 saturated heterocycles. The molecule has 1 fully saturated rings. The van der Waals surface area contributed by atoms with Crippen LogP contribution >= 0.6 is 11.3 Å². The number of anilines is 1. The minimum atomic E-state index is -0.134. The summed E-state index contributed by atoms with van der Waals surface area (Å²) in [4.78, 5) is 0.997. The number of halogens is 1. The number of nitrogens with one attached hydrogen (secondary N) is 1. The van der Waals surface area contributed by atoms with Crippen molar-refractivity contribution in [1.82, 2.24) is 9.78 Å². The summed E-state index contributed by atoms with van der Waals surface area (Å²) in [5.41, 5.74) is 1.17. The van der Waals surface area contributed by atoms with E-state index in [0.717, 1.165) is 10.7 Å². The summed E-state index contributed by atoms with van der Waals surface area (Å²) < 4.78 is 14.7. The van der Waals surface area contributed by atoms with Crippen LogP contribution in [-0.2, 0) is 13.6 Å². The molecule has 17 heavy (non-hydrogen) atoms. The van der Waals surface area contributed by atoms with Gasteiger partial charge in [0.15, 0.2) is 5.13 Å². The van der Waals surface area contributed by atoms with Crippen molar-refractivity contribution in [2.75, 3.05) is 5.32 Å². The zero-order chi connectivity index (χ0) is 11.8. The van der Waals surface area contributed by atoms with Crippen molar-refractivity contribution < 1.29 is 4.39 Å². The predicted octanol–water partition coefficient (Wildman–Crippen LogP) is 3.11. The summed E-state index contributed by atoms with van der Waals surface area (Å²) >= 11 is 1.18. The Morgan fingerprint density at radius 2 is 2.35 bits per heavy atom. The molecule has 0 aliphatic heterocycles. The van der Waals surface area contributed by atoms with Crippen LogP contribution in [0, 0.1) is 5.13 Å². The Morgan fingerprint density at radius 1 is 1.53 bits per heavy atom. The van der Waals surface area contributed by atoms with E-state index in [9.17, 15) is 4.39 Å². The molecule has 0 spiro atoms. The zero-order valence-electron chi connectivity index (χ0n) is 9.61. The fraction of sp³-hybridized carbons (Fsp3) is 0.417. The molecule has 90 valence electrons. The molecule has 1 N–H and O–H groups in total. The average molecular weight is 251 g/mol. The van der Waals surface area contributed by atoms with Gasteiger partial charge < -0.3 is 5.32 Å². The second kappa shape index (κ2) is 4.14. The molecule has 2 aromatic heterocycles. The summed E-state index contributed by atoms with van der Waals surface area (Å²) in [5, 5.41) is 7.63. The summed E-state index contributed by atoms with van der Waals surface area (Å²) in [7, 11) is 1.93. The average Bonchev–Trinajstić information content (AvgIpc) is 2.97. The summed E-state index contributed by atoms with van der Waals surface area (Å²) in [6.07, 6.45) is 2.51. The van der Waals surface area contributed by atoms with Crippen LogP contribution in [0.25, 0.3) is 0 Å². The maximum atomic E-state index is 12.8. The highest BCUT2D eigenvalue weighted by Crippen LogP contribution is 2.39. The van der Waals surface area contributed by atoms with E-state index in [1.807, 2.05) is 17.8 Å². The van der Waals surface area contributed by atoms with Gasteiger partial charge in [0.2, 0.25) is 0 Å². The SMILES string of the molecule is Cn1nc(C2CC2)cc1NCc1ccc(F)s1. The molecule has 0 radical (unpaired) electrons. The van der Waals surface area contributed by atoms with Crippen molar-refractivity contribution >= 4 is 17.2 Å². The molecular weight excluding hydrogens is 237 g/mol. The first-order valence-electron chi connectivity index (χ1n) is 5.74. The number of rotatable bonds is 4. The fourth-order valence-electron chi connectivity index (χ4n) is 1.86. The third-order valence-electron chi connectivity index (χ3n) is 2.97. The van der Waals surface area contributed by atoms with Crippen LogP contribution in [0.4, 0.5) is 10.2 Å². The third-order valence-corrected chi connectivity index (χ3v) is 3.84. The van der Waals surface area contributed by atoms with Gasteiger partial charge in [-0.2, -0.15) is 9.49 Å². The molecule has 0 unspecified atom stereocenters. The summed E-state index contributed by atoms with van der Waals surface area (Å²) in [6, 6.07) is 5.41. The van der Waals surface area contributed by atoms with E-state index in [4.69, 9.17) is 0 Å². The molecule has 2 heterocycles. The maximum Gasteiger partial charge on any atom is 0.176 e. The molecule has 2 aromatic rings. The highest BCUT2D eigenvalue weighted by Gasteiger charge is 2.26. The first kappa shape index (κ1) is 10.8. The largest absolute Gasteiger partial charge is 0.365 e. The van der Waals surface area contributed by atoms with Gasteiger partial charge in [-0.15, -0.1) is 11.3 Å². The molecule has 0 amide bonds. The Morgan fingerprint density at radius 3 is 3.00 bits per heavy atom. The normalized spacial score (nSPS) is 15.2. The van der Waals surface area contributed by atoms with Gasteiger partial charge in [-0.1, -0.05) is 0 Å². The van der Waals surface area contributed by atoms with Gasteiger partial charge in [0.25, 0.3) is 0 Å². The molecule has 1 saturated carbocycles. The lowest BCUT2D eigenvalue weighted by atomic mass is 10.3. The first-order chi connectivity index (χ1) is 8.22. The number of aryl methyl sites for hydroxylation is 1. The number of thiophene rings is 1. The standard InChI is InChI=1S/C12H14FN3S/c1-16-12(6-10(15-16)8-2-3-8)14-7-9-4-5-11(13)17-9/h4-6,8,14H,2-3,7H2,1H3.